The average molecular weight is 228 g/mol. The smallest absolute Gasteiger partial charge is 0.0631 e. The van der Waals surface area contributed by atoms with Crippen molar-refractivity contribution in [1.82, 2.24) is 0 Å². The first-order valence-electron chi connectivity index (χ1n) is 6.42. The normalized spacial score (nSPS) is 38.8. The fourth-order valence-electron chi connectivity index (χ4n) is 2.96. The lowest BCUT2D eigenvalue weighted by atomic mass is 9.78. The van der Waals surface area contributed by atoms with Crippen LogP contribution >= 0.6 is 0 Å². The van der Waals surface area contributed by atoms with E-state index in [0.717, 1.165) is 38.7 Å². The van der Waals surface area contributed by atoms with E-state index < -0.39 is 0 Å². The van der Waals surface area contributed by atoms with Crippen molar-refractivity contribution in [3.8, 4) is 0 Å². The molecule has 3 nitrogen and oxygen atoms in total. The quantitative estimate of drug-likeness (QED) is 0.804. The first-order valence-corrected chi connectivity index (χ1v) is 6.42. The molecule has 2 rings (SSSR count). The fourth-order valence-corrected chi connectivity index (χ4v) is 2.96. The molecule has 2 saturated heterocycles. The minimum absolute atomic E-state index is 0.0246. The van der Waals surface area contributed by atoms with Crippen molar-refractivity contribution in [2.24, 2.45) is 5.41 Å². The number of hydrogen-bond donors (Lipinski definition) is 1. The molecule has 0 bridgehead atoms. The summed E-state index contributed by atoms with van der Waals surface area (Å²) in [6.07, 6.45) is 5.64. The Morgan fingerprint density at radius 1 is 1.31 bits per heavy atom. The summed E-state index contributed by atoms with van der Waals surface area (Å²) in [6, 6.07) is 0. The highest BCUT2D eigenvalue weighted by Gasteiger charge is 2.39. The van der Waals surface area contributed by atoms with Gasteiger partial charge in [0.1, 0.15) is 0 Å². The fraction of sp³-hybridized carbons (Fsp3) is 1.00. The van der Waals surface area contributed by atoms with E-state index in [4.69, 9.17) is 9.47 Å². The standard InChI is InChI=1S/C13H24O3/c1-12(2)6-4-11(16-12)8-13(9-14)5-3-7-15-10-13/h11,14H,3-10H2,1-2H3. The van der Waals surface area contributed by atoms with Gasteiger partial charge in [-0.25, -0.2) is 0 Å². The number of aliphatic hydroxyl groups excluding tert-OH is 1. The topological polar surface area (TPSA) is 38.7 Å². The van der Waals surface area contributed by atoms with Gasteiger partial charge in [0.15, 0.2) is 0 Å². The molecule has 16 heavy (non-hydrogen) atoms. The van der Waals surface area contributed by atoms with Crippen LogP contribution in [0.2, 0.25) is 0 Å². The second kappa shape index (κ2) is 4.63. The lowest BCUT2D eigenvalue weighted by Crippen LogP contribution is -2.38. The van der Waals surface area contributed by atoms with E-state index in [9.17, 15) is 5.11 Å². The SMILES string of the molecule is CC1(C)CCC(CC2(CO)CCCOC2)O1. The van der Waals surface area contributed by atoms with Gasteiger partial charge in [-0.2, -0.15) is 0 Å². The third-order valence-electron chi connectivity index (χ3n) is 3.95. The van der Waals surface area contributed by atoms with Gasteiger partial charge in [-0.1, -0.05) is 0 Å². The summed E-state index contributed by atoms with van der Waals surface area (Å²) < 4.78 is 11.5. The second-order valence-corrected chi connectivity index (χ2v) is 6.06. The highest BCUT2D eigenvalue weighted by molar-refractivity contribution is 4.89. The Kier molecular flexibility index (Phi) is 3.57. The van der Waals surface area contributed by atoms with E-state index >= 15 is 0 Å². The van der Waals surface area contributed by atoms with Gasteiger partial charge in [-0.05, 0) is 46.0 Å². The third kappa shape index (κ3) is 2.76. The summed E-state index contributed by atoms with van der Waals surface area (Å²) >= 11 is 0. The van der Waals surface area contributed by atoms with Crippen molar-refractivity contribution in [2.45, 2.75) is 57.7 Å². The van der Waals surface area contributed by atoms with E-state index in [-0.39, 0.29) is 17.6 Å². The first kappa shape index (κ1) is 12.3. The zero-order valence-electron chi connectivity index (χ0n) is 10.5. The van der Waals surface area contributed by atoms with Crippen LogP contribution < -0.4 is 0 Å². The molecule has 2 aliphatic heterocycles. The van der Waals surface area contributed by atoms with Crippen LogP contribution in [0.25, 0.3) is 0 Å². The zero-order valence-corrected chi connectivity index (χ0v) is 10.5. The maximum atomic E-state index is 9.60. The molecule has 0 spiro atoms. The molecule has 0 amide bonds. The third-order valence-corrected chi connectivity index (χ3v) is 3.95. The summed E-state index contributed by atoms with van der Waals surface area (Å²) in [6.45, 7) is 6.07. The Hall–Kier alpha value is -0.120. The molecule has 2 heterocycles. The predicted octanol–water partition coefficient (Wildman–Crippen LogP) is 2.12. The Balaban J connectivity index is 1.91. The monoisotopic (exact) mass is 228 g/mol. The van der Waals surface area contributed by atoms with Crippen molar-refractivity contribution in [2.75, 3.05) is 19.8 Å². The van der Waals surface area contributed by atoms with Crippen LogP contribution in [0.5, 0.6) is 0 Å². The van der Waals surface area contributed by atoms with Gasteiger partial charge in [-0.15, -0.1) is 0 Å². The van der Waals surface area contributed by atoms with Crippen LogP contribution in [0, 0.1) is 5.41 Å². The molecule has 0 aliphatic carbocycles. The van der Waals surface area contributed by atoms with E-state index in [1.807, 2.05) is 0 Å². The molecule has 0 aromatic rings. The molecule has 1 N–H and O–H groups in total. The largest absolute Gasteiger partial charge is 0.396 e. The Bertz CT molecular complexity index is 231. The Morgan fingerprint density at radius 3 is 2.62 bits per heavy atom. The van der Waals surface area contributed by atoms with Gasteiger partial charge in [-0.3, -0.25) is 0 Å². The molecule has 0 saturated carbocycles. The maximum absolute atomic E-state index is 9.60. The molecular formula is C13H24O3. The van der Waals surface area contributed by atoms with Gasteiger partial charge in [0.25, 0.3) is 0 Å². The van der Waals surface area contributed by atoms with Crippen molar-refractivity contribution in [3.63, 3.8) is 0 Å². The van der Waals surface area contributed by atoms with Gasteiger partial charge >= 0.3 is 0 Å². The molecule has 2 unspecified atom stereocenters. The van der Waals surface area contributed by atoms with Gasteiger partial charge in [0, 0.05) is 12.0 Å². The van der Waals surface area contributed by atoms with Gasteiger partial charge in [0.05, 0.1) is 24.9 Å². The van der Waals surface area contributed by atoms with E-state index in [2.05, 4.69) is 13.8 Å². The van der Waals surface area contributed by atoms with Crippen LogP contribution in [0.15, 0.2) is 0 Å². The molecule has 0 aromatic heterocycles. The van der Waals surface area contributed by atoms with E-state index in [1.54, 1.807) is 0 Å². The zero-order chi connectivity index (χ0) is 11.6. The summed E-state index contributed by atoms with van der Waals surface area (Å²) in [5.74, 6) is 0. The van der Waals surface area contributed by atoms with Gasteiger partial charge in [0.2, 0.25) is 0 Å². The second-order valence-electron chi connectivity index (χ2n) is 6.06. The molecule has 3 heteroatoms. The first-order chi connectivity index (χ1) is 7.55. The Labute approximate surface area is 98.1 Å². The molecule has 2 aliphatic rings. The number of aliphatic hydroxyl groups is 1. The minimum atomic E-state index is -0.0384. The van der Waals surface area contributed by atoms with Gasteiger partial charge < -0.3 is 14.6 Å². The minimum Gasteiger partial charge on any atom is -0.396 e. The predicted molar refractivity (Wildman–Crippen MR) is 62.4 cm³/mol. The van der Waals surface area contributed by atoms with Crippen molar-refractivity contribution in [1.29, 1.82) is 0 Å². The molecule has 0 radical (unpaired) electrons. The Morgan fingerprint density at radius 2 is 2.12 bits per heavy atom. The lowest BCUT2D eigenvalue weighted by molar-refractivity contribution is -0.0869. The van der Waals surface area contributed by atoms with Crippen LogP contribution in [0.3, 0.4) is 0 Å². The van der Waals surface area contributed by atoms with Crippen LogP contribution in [-0.2, 0) is 9.47 Å². The van der Waals surface area contributed by atoms with Crippen molar-refractivity contribution in [3.05, 3.63) is 0 Å². The van der Waals surface area contributed by atoms with Crippen LogP contribution in [0.4, 0.5) is 0 Å². The number of ether oxygens (including phenoxy) is 2. The van der Waals surface area contributed by atoms with Crippen LogP contribution in [-0.4, -0.2) is 36.6 Å². The van der Waals surface area contributed by atoms with Crippen molar-refractivity contribution >= 4 is 0 Å². The number of hydrogen-bond acceptors (Lipinski definition) is 3. The van der Waals surface area contributed by atoms with E-state index in [1.165, 1.54) is 0 Å². The summed E-state index contributed by atoms with van der Waals surface area (Å²) in [4.78, 5) is 0. The molecule has 0 aromatic carbocycles. The average Bonchev–Trinajstić information content (AvgIpc) is 2.59. The van der Waals surface area contributed by atoms with Crippen LogP contribution in [0.1, 0.15) is 46.0 Å². The summed E-state index contributed by atoms with van der Waals surface area (Å²) in [5, 5.41) is 9.60. The van der Waals surface area contributed by atoms with Crippen molar-refractivity contribution < 1.29 is 14.6 Å². The van der Waals surface area contributed by atoms with E-state index in [0.29, 0.717) is 12.7 Å². The molecular weight excluding hydrogens is 204 g/mol. The summed E-state index contributed by atoms with van der Waals surface area (Å²) in [5.41, 5.74) is -0.0137. The number of rotatable bonds is 3. The highest BCUT2D eigenvalue weighted by atomic mass is 16.5. The maximum Gasteiger partial charge on any atom is 0.0631 e. The highest BCUT2D eigenvalue weighted by Crippen LogP contribution is 2.39. The molecule has 2 fully saturated rings. The lowest BCUT2D eigenvalue weighted by Gasteiger charge is -2.37. The molecule has 94 valence electrons. The molecule has 2 atom stereocenters. The summed E-state index contributed by atoms with van der Waals surface area (Å²) in [7, 11) is 0.